The van der Waals surface area contributed by atoms with Crippen molar-refractivity contribution in [3.63, 3.8) is 0 Å². The number of rotatable bonds is 3. The van der Waals surface area contributed by atoms with Crippen molar-refractivity contribution in [2.75, 3.05) is 5.32 Å². The Morgan fingerprint density at radius 2 is 1.67 bits per heavy atom. The molecule has 150 valence electrons. The summed E-state index contributed by atoms with van der Waals surface area (Å²) in [6.07, 6.45) is 0. The van der Waals surface area contributed by atoms with Crippen molar-refractivity contribution in [2.45, 2.75) is 20.8 Å². The molecular weight excluding hydrogens is 394 g/mol. The number of nitrogens with one attached hydrogen (secondary N) is 2. The van der Waals surface area contributed by atoms with Gasteiger partial charge in [0, 0.05) is 16.8 Å². The Morgan fingerprint density at radius 3 is 2.40 bits per heavy atom. The zero-order valence-electron chi connectivity index (χ0n) is 16.9. The Hall–Kier alpha value is -3.51. The topological polar surface area (TPSA) is 67.2 Å². The van der Waals surface area contributed by atoms with Crippen LogP contribution < -0.4 is 10.6 Å². The highest BCUT2D eigenvalue weighted by atomic mass is 32.1. The van der Waals surface area contributed by atoms with Gasteiger partial charge in [-0.3, -0.25) is 10.1 Å². The maximum Gasteiger partial charge on any atom is 0.257 e. The van der Waals surface area contributed by atoms with Gasteiger partial charge in [-0.25, -0.2) is 4.98 Å². The third-order valence-corrected chi connectivity index (χ3v) is 5.00. The largest absolute Gasteiger partial charge is 0.436 e. The van der Waals surface area contributed by atoms with Crippen LogP contribution in [0.2, 0.25) is 0 Å². The molecule has 1 heterocycles. The predicted octanol–water partition coefficient (Wildman–Crippen LogP) is 5.55. The quantitative estimate of drug-likeness (QED) is 0.430. The minimum absolute atomic E-state index is 0.224. The Bertz CT molecular complexity index is 1260. The molecule has 4 rings (SSSR count). The number of hydrogen-bond donors (Lipinski definition) is 2. The summed E-state index contributed by atoms with van der Waals surface area (Å²) in [5.74, 6) is 0.321. The Balaban J connectivity index is 1.48. The van der Waals surface area contributed by atoms with E-state index in [1.165, 1.54) is 5.56 Å². The number of hydrogen-bond acceptors (Lipinski definition) is 4. The van der Waals surface area contributed by atoms with Gasteiger partial charge in [-0.1, -0.05) is 35.4 Å². The van der Waals surface area contributed by atoms with Crippen molar-refractivity contribution in [1.29, 1.82) is 0 Å². The number of nitrogens with zero attached hydrogens (tertiary/aromatic N) is 1. The van der Waals surface area contributed by atoms with Crippen molar-refractivity contribution < 1.29 is 9.21 Å². The number of oxazole rings is 1. The Kier molecular flexibility index (Phi) is 5.33. The molecule has 5 nitrogen and oxygen atoms in total. The summed E-state index contributed by atoms with van der Waals surface area (Å²) < 4.78 is 5.86. The number of anilines is 1. The van der Waals surface area contributed by atoms with E-state index >= 15 is 0 Å². The summed E-state index contributed by atoms with van der Waals surface area (Å²) in [6.45, 7) is 5.93. The number of amides is 1. The molecule has 1 aromatic heterocycles. The molecule has 30 heavy (non-hydrogen) atoms. The Labute approximate surface area is 180 Å². The van der Waals surface area contributed by atoms with E-state index in [1.807, 2.05) is 75.4 Å². The summed E-state index contributed by atoms with van der Waals surface area (Å²) in [5.41, 5.74) is 6.82. The fourth-order valence-electron chi connectivity index (χ4n) is 3.23. The smallest absolute Gasteiger partial charge is 0.257 e. The van der Waals surface area contributed by atoms with Crippen LogP contribution in [0.25, 0.3) is 22.6 Å². The van der Waals surface area contributed by atoms with Gasteiger partial charge < -0.3 is 9.73 Å². The van der Waals surface area contributed by atoms with Crippen molar-refractivity contribution in [1.82, 2.24) is 10.3 Å². The number of carbonyl (C=O) groups excluding carboxylic acids is 1. The van der Waals surface area contributed by atoms with Gasteiger partial charge in [0.25, 0.3) is 5.91 Å². The molecule has 0 radical (unpaired) electrons. The third-order valence-electron chi connectivity index (χ3n) is 4.80. The van der Waals surface area contributed by atoms with Gasteiger partial charge in [-0.05, 0) is 75.0 Å². The van der Waals surface area contributed by atoms with E-state index in [0.717, 1.165) is 22.4 Å². The first-order valence-corrected chi connectivity index (χ1v) is 9.97. The highest BCUT2D eigenvalue weighted by Gasteiger charge is 2.12. The van der Waals surface area contributed by atoms with Gasteiger partial charge in [-0.2, -0.15) is 0 Å². The number of fused-ring (bicyclic) bond motifs is 1. The molecule has 0 unspecified atom stereocenters. The fourth-order valence-corrected chi connectivity index (χ4v) is 3.44. The molecule has 1 amide bonds. The summed E-state index contributed by atoms with van der Waals surface area (Å²) in [4.78, 5) is 17.1. The van der Waals surface area contributed by atoms with Gasteiger partial charge in [0.15, 0.2) is 10.7 Å². The van der Waals surface area contributed by atoms with Crippen LogP contribution in [-0.4, -0.2) is 16.0 Å². The van der Waals surface area contributed by atoms with Crippen LogP contribution in [0.4, 0.5) is 5.69 Å². The second kappa shape index (κ2) is 8.08. The molecule has 0 saturated heterocycles. The van der Waals surface area contributed by atoms with Crippen LogP contribution in [0.5, 0.6) is 0 Å². The van der Waals surface area contributed by atoms with Crippen LogP contribution in [0.1, 0.15) is 27.0 Å². The van der Waals surface area contributed by atoms with Gasteiger partial charge in [-0.15, -0.1) is 0 Å². The zero-order valence-corrected chi connectivity index (χ0v) is 17.8. The minimum atomic E-state index is -0.242. The molecule has 0 aliphatic carbocycles. The number of benzene rings is 3. The second-order valence-electron chi connectivity index (χ2n) is 7.29. The van der Waals surface area contributed by atoms with Crippen LogP contribution in [0, 0.1) is 20.8 Å². The van der Waals surface area contributed by atoms with E-state index in [-0.39, 0.29) is 11.0 Å². The Morgan fingerprint density at radius 1 is 0.933 bits per heavy atom. The molecular formula is C24H21N3O2S. The normalized spacial score (nSPS) is 10.8. The number of aryl methyl sites for hydroxylation is 3. The highest BCUT2D eigenvalue weighted by Crippen LogP contribution is 2.26. The van der Waals surface area contributed by atoms with E-state index in [2.05, 4.69) is 15.6 Å². The van der Waals surface area contributed by atoms with E-state index in [1.54, 1.807) is 6.07 Å². The lowest BCUT2D eigenvalue weighted by molar-refractivity contribution is 0.0977. The maximum atomic E-state index is 12.5. The van der Waals surface area contributed by atoms with Crippen LogP contribution in [-0.2, 0) is 0 Å². The highest BCUT2D eigenvalue weighted by molar-refractivity contribution is 7.80. The number of carbonyl (C=O) groups is 1. The molecule has 0 fully saturated rings. The van der Waals surface area contributed by atoms with Crippen molar-refractivity contribution in [3.05, 3.63) is 82.9 Å². The average Bonchev–Trinajstić information content (AvgIpc) is 3.11. The molecule has 3 aromatic carbocycles. The molecule has 4 aromatic rings. The maximum absolute atomic E-state index is 12.5. The van der Waals surface area contributed by atoms with E-state index < -0.39 is 0 Å². The summed E-state index contributed by atoms with van der Waals surface area (Å²) in [6, 6.07) is 19.2. The monoisotopic (exact) mass is 415 g/mol. The molecule has 6 heteroatoms. The second-order valence-corrected chi connectivity index (χ2v) is 7.70. The average molecular weight is 416 g/mol. The van der Waals surface area contributed by atoms with Crippen molar-refractivity contribution in [2.24, 2.45) is 0 Å². The van der Waals surface area contributed by atoms with Crippen LogP contribution in [0.3, 0.4) is 0 Å². The van der Waals surface area contributed by atoms with E-state index in [9.17, 15) is 4.79 Å². The first-order valence-electron chi connectivity index (χ1n) is 9.56. The lowest BCUT2D eigenvalue weighted by Gasteiger charge is -2.11. The van der Waals surface area contributed by atoms with Gasteiger partial charge in [0.2, 0.25) is 5.89 Å². The molecule has 2 N–H and O–H groups in total. The predicted molar refractivity (Wildman–Crippen MR) is 124 cm³/mol. The summed E-state index contributed by atoms with van der Waals surface area (Å²) in [5, 5.41) is 5.99. The molecule has 0 atom stereocenters. The summed E-state index contributed by atoms with van der Waals surface area (Å²) >= 11 is 5.31. The fraction of sp³-hybridized carbons (Fsp3) is 0.125. The first-order chi connectivity index (χ1) is 14.4. The SMILES string of the molecule is Cc1ccc(-c2nc3cc(NC(=S)NC(=O)c4ccc(C)cc4C)ccc3o2)cc1. The molecule has 0 bridgehead atoms. The summed E-state index contributed by atoms with van der Waals surface area (Å²) in [7, 11) is 0. The van der Waals surface area contributed by atoms with Gasteiger partial charge in [0.05, 0.1) is 0 Å². The van der Waals surface area contributed by atoms with E-state index in [4.69, 9.17) is 16.6 Å². The first kappa shape index (κ1) is 19.8. The molecule has 0 saturated carbocycles. The van der Waals surface area contributed by atoms with Crippen molar-refractivity contribution >= 4 is 40.0 Å². The standard InChI is InChI=1S/C24H21N3O2S/c1-14-4-7-17(8-5-14)23-26-20-13-18(9-11-21(20)29-23)25-24(30)27-22(28)19-10-6-15(2)12-16(19)3/h4-13H,1-3H3,(H2,25,27,28,30). The lowest BCUT2D eigenvalue weighted by Crippen LogP contribution is -2.34. The molecule has 0 aliphatic heterocycles. The minimum Gasteiger partial charge on any atom is -0.436 e. The van der Waals surface area contributed by atoms with Crippen molar-refractivity contribution in [3.8, 4) is 11.5 Å². The lowest BCUT2D eigenvalue weighted by atomic mass is 10.1. The number of aromatic nitrogens is 1. The van der Waals surface area contributed by atoms with Crippen LogP contribution >= 0.6 is 12.2 Å². The van der Waals surface area contributed by atoms with Gasteiger partial charge in [0.1, 0.15) is 5.52 Å². The number of thiocarbonyl (C=S) groups is 1. The van der Waals surface area contributed by atoms with Crippen LogP contribution in [0.15, 0.2) is 65.1 Å². The molecule has 0 spiro atoms. The zero-order chi connectivity index (χ0) is 21.3. The molecule has 0 aliphatic rings. The third kappa shape index (κ3) is 4.23. The van der Waals surface area contributed by atoms with Gasteiger partial charge >= 0.3 is 0 Å². The van der Waals surface area contributed by atoms with E-state index in [0.29, 0.717) is 22.6 Å².